The summed E-state index contributed by atoms with van der Waals surface area (Å²) < 4.78 is 89.2. The summed E-state index contributed by atoms with van der Waals surface area (Å²) in [6.07, 6.45) is -6.49. The van der Waals surface area contributed by atoms with Crippen molar-refractivity contribution in [1.29, 1.82) is 0 Å². The van der Waals surface area contributed by atoms with Gasteiger partial charge < -0.3 is 4.74 Å². The summed E-state index contributed by atoms with van der Waals surface area (Å²) in [6, 6.07) is 0. The van der Waals surface area contributed by atoms with Gasteiger partial charge in [0.05, 0.1) is 0 Å². The van der Waals surface area contributed by atoms with Crippen LogP contribution < -0.4 is 0 Å². The third kappa shape index (κ3) is 4.87. The molecule has 0 saturated heterocycles. The van der Waals surface area contributed by atoms with Crippen molar-refractivity contribution in [3.8, 4) is 0 Å². The quantitative estimate of drug-likeness (QED) is 0.551. The predicted octanol–water partition coefficient (Wildman–Crippen LogP) is 3.80. The van der Waals surface area contributed by atoms with Crippen LogP contribution in [0.4, 0.5) is 30.7 Å². The molecule has 0 amide bonds. The van der Waals surface area contributed by atoms with Gasteiger partial charge in [0.1, 0.15) is 0 Å². The van der Waals surface area contributed by atoms with Crippen LogP contribution in [0.15, 0.2) is 0 Å². The smallest absolute Gasteiger partial charge is 0.459 e. The van der Waals surface area contributed by atoms with E-state index in [9.17, 15) is 35.5 Å². The number of halogens is 7. The topological polar surface area (TPSA) is 26.3 Å². The molecule has 0 aliphatic heterocycles. The molecule has 0 unspecified atom stereocenters. The Morgan fingerprint density at radius 1 is 1.05 bits per heavy atom. The number of carbonyl (C=O) groups is 1. The van der Waals surface area contributed by atoms with E-state index in [1.54, 1.807) is 13.8 Å². The summed E-state index contributed by atoms with van der Waals surface area (Å²) >= 11 is 0. The van der Waals surface area contributed by atoms with Crippen LogP contribution in [0.1, 0.15) is 26.7 Å². The van der Waals surface area contributed by atoms with E-state index in [0.717, 1.165) is 0 Å². The molecule has 0 spiro atoms. The maximum Gasteiger partial charge on any atom is 0.460 e. The minimum Gasteiger partial charge on any atom is -0.459 e. The van der Waals surface area contributed by atoms with E-state index in [-0.39, 0.29) is 18.8 Å². The van der Waals surface area contributed by atoms with Gasteiger partial charge in [0.2, 0.25) is 0 Å². The number of hydrogen-bond donors (Lipinski definition) is 0. The average molecular weight is 298 g/mol. The first kappa shape index (κ1) is 18.0. The maximum atomic E-state index is 12.7. The standard InChI is InChI=1S/C10H13F7O2/c1-6(2)3-4-7(18)19-5-8(11,12)9(13,14)10(15,16)17/h6H,3-5H2,1-2H3. The van der Waals surface area contributed by atoms with Gasteiger partial charge in [0, 0.05) is 6.42 Å². The highest BCUT2D eigenvalue weighted by Crippen LogP contribution is 2.46. The molecule has 0 radical (unpaired) electrons. The third-order valence-electron chi connectivity index (χ3n) is 2.16. The Balaban J connectivity index is 4.50. The fourth-order valence-corrected chi connectivity index (χ4v) is 0.948. The minimum atomic E-state index is -6.42. The summed E-state index contributed by atoms with van der Waals surface area (Å²) in [4.78, 5) is 10.9. The molecule has 0 heterocycles. The lowest BCUT2D eigenvalue weighted by Crippen LogP contribution is -2.54. The Morgan fingerprint density at radius 3 is 1.89 bits per heavy atom. The van der Waals surface area contributed by atoms with Gasteiger partial charge in [-0.3, -0.25) is 4.79 Å². The molecule has 0 aliphatic rings. The number of carbonyl (C=O) groups excluding carboxylic acids is 1. The minimum absolute atomic E-state index is 0.0321. The van der Waals surface area contributed by atoms with Crippen LogP contribution >= 0.6 is 0 Å². The van der Waals surface area contributed by atoms with E-state index >= 15 is 0 Å². The number of rotatable bonds is 6. The molecule has 0 N–H and O–H groups in total. The lowest BCUT2D eigenvalue weighted by molar-refractivity contribution is -0.359. The van der Waals surface area contributed by atoms with Gasteiger partial charge in [-0.05, 0) is 12.3 Å². The van der Waals surface area contributed by atoms with Crippen molar-refractivity contribution in [3.05, 3.63) is 0 Å². The summed E-state index contributed by atoms with van der Waals surface area (Å²) in [7, 11) is 0. The molecule has 0 bridgehead atoms. The van der Waals surface area contributed by atoms with Gasteiger partial charge in [0.25, 0.3) is 0 Å². The summed E-state index contributed by atoms with van der Waals surface area (Å²) in [5.41, 5.74) is 0. The second-order valence-electron chi connectivity index (χ2n) is 4.37. The van der Waals surface area contributed by atoms with Gasteiger partial charge in [-0.1, -0.05) is 13.8 Å². The number of hydrogen-bond acceptors (Lipinski definition) is 2. The molecular formula is C10H13F7O2. The third-order valence-corrected chi connectivity index (χ3v) is 2.16. The summed E-state index contributed by atoms with van der Waals surface area (Å²) in [5, 5.41) is 0. The molecule has 0 fully saturated rings. The van der Waals surface area contributed by atoms with Crippen molar-refractivity contribution in [2.24, 2.45) is 5.92 Å². The zero-order valence-corrected chi connectivity index (χ0v) is 10.2. The molecule has 0 aromatic carbocycles. The molecule has 19 heavy (non-hydrogen) atoms. The molecule has 0 aromatic rings. The lowest BCUT2D eigenvalue weighted by Gasteiger charge is -2.27. The Hall–Kier alpha value is -1.02. The van der Waals surface area contributed by atoms with Crippen molar-refractivity contribution >= 4 is 5.97 Å². The van der Waals surface area contributed by atoms with E-state index in [2.05, 4.69) is 4.74 Å². The van der Waals surface area contributed by atoms with Crippen LogP contribution in [0.2, 0.25) is 0 Å². The number of ether oxygens (including phenoxy) is 1. The van der Waals surface area contributed by atoms with E-state index in [4.69, 9.17) is 0 Å². The van der Waals surface area contributed by atoms with Gasteiger partial charge in [-0.25, -0.2) is 0 Å². The van der Waals surface area contributed by atoms with Crippen molar-refractivity contribution in [2.75, 3.05) is 6.61 Å². The zero-order chi connectivity index (χ0) is 15.5. The van der Waals surface area contributed by atoms with E-state index < -0.39 is 30.6 Å². The van der Waals surface area contributed by atoms with E-state index in [0.29, 0.717) is 0 Å². The highest BCUT2D eigenvalue weighted by molar-refractivity contribution is 5.69. The maximum absolute atomic E-state index is 12.7. The van der Waals surface area contributed by atoms with Crippen LogP contribution in [0.5, 0.6) is 0 Å². The zero-order valence-electron chi connectivity index (χ0n) is 10.2. The van der Waals surface area contributed by atoms with Crippen molar-refractivity contribution < 1.29 is 40.3 Å². The van der Waals surface area contributed by atoms with Crippen molar-refractivity contribution in [3.63, 3.8) is 0 Å². The van der Waals surface area contributed by atoms with E-state index in [1.807, 2.05) is 0 Å². The number of alkyl halides is 7. The summed E-state index contributed by atoms with van der Waals surface area (Å²) in [6.45, 7) is 1.11. The molecular weight excluding hydrogens is 285 g/mol. The second kappa shape index (κ2) is 5.96. The van der Waals surface area contributed by atoms with Crippen LogP contribution in [0, 0.1) is 5.92 Å². The monoisotopic (exact) mass is 298 g/mol. The highest BCUT2D eigenvalue weighted by Gasteiger charge is 2.73. The molecule has 0 atom stereocenters. The molecule has 114 valence electrons. The Labute approximate surface area is 104 Å². The Kier molecular flexibility index (Phi) is 5.64. The van der Waals surface area contributed by atoms with Gasteiger partial charge >= 0.3 is 24.0 Å². The lowest BCUT2D eigenvalue weighted by atomic mass is 10.1. The fourth-order valence-electron chi connectivity index (χ4n) is 0.948. The van der Waals surface area contributed by atoms with Crippen molar-refractivity contribution in [1.82, 2.24) is 0 Å². The van der Waals surface area contributed by atoms with Gasteiger partial charge in [0.15, 0.2) is 6.61 Å². The normalized spacial score (nSPS) is 13.8. The van der Waals surface area contributed by atoms with Crippen LogP contribution in [-0.4, -0.2) is 30.6 Å². The fraction of sp³-hybridized carbons (Fsp3) is 0.900. The summed E-state index contributed by atoms with van der Waals surface area (Å²) in [5.74, 6) is -13.0. The van der Waals surface area contributed by atoms with Crippen molar-refractivity contribution in [2.45, 2.75) is 44.7 Å². The first-order valence-electron chi connectivity index (χ1n) is 5.29. The largest absolute Gasteiger partial charge is 0.460 e. The highest BCUT2D eigenvalue weighted by atomic mass is 19.4. The SMILES string of the molecule is CC(C)CCC(=O)OCC(F)(F)C(F)(F)C(F)(F)F. The molecule has 0 saturated carbocycles. The second-order valence-corrected chi connectivity index (χ2v) is 4.37. The Bertz CT molecular complexity index is 309. The first-order valence-corrected chi connectivity index (χ1v) is 5.29. The first-order chi connectivity index (χ1) is 8.31. The Morgan fingerprint density at radius 2 is 1.53 bits per heavy atom. The van der Waals surface area contributed by atoms with Crippen LogP contribution in [0.3, 0.4) is 0 Å². The molecule has 0 aliphatic carbocycles. The van der Waals surface area contributed by atoms with Crippen LogP contribution in [0.25, 0.3) is 0 Å². The molecule has 2 nitrogen and oxygen atoms in total. The van der Waals surface area contributed by atoms with Gasteiger partial charge in [-0.2, -0.15) is 30.7 Å². The predicted molar refractivity (Wildman–Crippen MR) is 51.0 cm³/mol. The molecule has 9 heteroatoms. The average Bonchev–Trinajstić information content (AvgIpc) is 2.21. The molecule has 0 rings (SSSR count). The number of esters is 1. The van der Waals surface area contributed by atoms with Crippen LogP contribution in [-0.2, 0) is 9.53 Å². The van der Waals surface area contributed by atoms with Gasteiger partial charge in [-0.15, -0.1) is 0 Å². The molecule has 0 aromatic heterocycles. The van der Waals surface area contributed by atoms with E-state index in [1.165, 1.54) is 0 Å².